The molecule has 1 heterocycles. The molecule has 0 saturated carbocycles. The first-order chi connectivity index (χ1) is 7.76. The Kier molecular flexibility index (Phi) is 5.93. The van der Waals surface area contributed by atoms with E-state index in [1.165, 1.54) is 19.3 Å². The Hall–Kier alpha value is -1.03. The molecule has 1 aromatic heterocycles. The van der Waals surface area contributed by atoms with E-state index >= 15 is 0 Å². The van der Waals surface area contributed by atoms with Gasteiger partial charge in [-0.25, -0.2) is 0 Å². The van der Waals surface area contributed by atoms with Gasteiger partial charge in [0.2, 0.25) is 0 Å². The number of hydrogen-bond acceptors (Lipinski definition) is 3. The van der Waals surface area contributed by atoms with Gasteiger partial charge < -0.3 is 10.1 Å². The molecule has 4 nitrogen and oxygen atoms in total. The normalized spacial score (nSPS) is 12.7. The number of hydrogen-bond donors (Lipinski definition) is 1. The number of rotatable bonds is 8. The minimum absolute atomic E-state index is 0.514. The lowest BCUT2D eigenvalue weighted by atomic mass is 10.1. The molecule has 1 N–H and O–H groups in total. The van der Waals surface area contributed by atoms with Crippen LogP contribution in [0.3, 0.4) is 0 Å². The number of methoxy groups -OCH3 is 1. The summed E-state index contributed by atoms with van der Waals surface area (Å²) in [6, 6.07) is 0.514. The molecule has 4 heteroatoms. The van der Waals surface area contributed by atoms with Gasteiger partial charge in [0, 0.05) is 19.3 Å². The molecule has 0 saturated heterocycles. The second-order valence-corrected chi connectivity index (χ2v) is 4.17. The molecule has 0 amide bonds. The van der Waals surface area contributed by atoms with Crippen LogP contribution in [0.4, 0.5) is 5.69 Å². The molecule has 1 aromatic rings. The highest BCUT2D eigenvalue weighted by Crippen LogP contribution is 2.10. The quantitative estimate of drug-likeness (QED) is 0.739. The molecule has 0 radical (unpaired) electrons. The Bertz CT molecular complexity index is 286. The number of anilines is 1. The molecule has 0 aliphatic heterocycles. The largest absolute Gasteiger partial charge is 0.383 e. The van der Waals surface area contributed by atoms with Crippen molar-refractivity contribution in [2.24, 2.45) is 0 Å². The number of aromatic nitrogens is 2. The lowest BCUT2D eigenvalue weighted by Crippen LogP contribution is -2.14. The number of nitrogens with one attached hydrogen (secondary N) is 1. The van der Waals surface area contributed by atoms with Crippen LogP contribution in [0.1, 0.15) is 33.1 Å². The summed E-state index contributed by atoms with van der Waals surface area (Å²) in [4.78, 5) is 0. The van der Waals surface area contributed by atoms with Crippen LogP contribution in [0, 0.1) is 0 Å². The monoisotopic (exact) mass is 225 g/mol. The van der Waals surface area contributed by atoms with Crippen LogP contribution in [0.15, 0.2) is 12.4 Å². The molecule has 0 spiro atoms. The van der Waals surface area contributed by atoms with E-state index in [0.29, 0.717) is 12.6 Å². The first kappa shape index (κ1) is 13.0. The van der Waals surface area contributed by atoms with Crippen molar-refractivity contribution in [2.45, 2.75) is 45.7 Å². The maximum absolute atomic E-state index is 5.01. The highest BCUT2D eigenvalue weighted by molar-refractivity contribution is 5.38. The fourth-order valence-electron chi connectivity index (χ4n) is 1.61. The lowest BCUT2D eigenvalue weighted by Gasteiger charge is -2.12. The van der Waals surface area contributed by atoms with Crippen molar-refractivity contribution >= 4 is 5.69 Å². The van der Waals surface area contributed by atoms with Gasteiger partial charge >= 0.3 is 0 Å². The summed E-state index contributed by atoms with van der Waals surface area (Å²) in [5.41, 5.74) is 1.10. The van der Waals surface area contributed by atoms with Crippen molar-refractivity contribution in [3.8, 4) is 0 Å². The zero-order chi connectivity index (χ0) is 11.8. The molecule has 0 aliphatic rings. The minimum Gasteiger partial charge on any atom is -0.383 e. The Morgan fingerprint density at radius 3 is 3.06 bits per heavy atom. The smallest absolute Gasteiger partial charge is 0.0728 e. The third-order valence-corrected chi connectivity index (χ3v) is 2.56. The van der Waals surface area contributed by atoms with Gasteiger partial charge in [-0.1, -0.05) is 19.8 Å². The van der Waals surface area contributed by atoms with E-state index in [4.69, 9.17) is 4.74 Å². The maximum atomic E-state index is 5.01. The van der Waals surface area contributed by atoms with Crippen molar-refractivity contribution in [2.75, 3.05) is 19.0 Å². The van der Waals surface area contributed by atoms with Crippen LogP contribution in [0.2, 0.25) is 0 Å². The Morgan fingerprint density at radius 1 is 1.56 bits per heavy atom. The summed E-state index contributed by atoms with van der Waals surface area (Å²) in [5.74, 6) is 0. The van der Waals surface area contributed by atoms with Gasteiger partial charge in [-0.3, -0.25) is 4.68 Å². The van der Waals surface area contributed by atoms with Gasteiger partial charge in [0.1, 0.15) is 0 Å². The molecule has 1 atom stereocenters. The third-order valence-electron chi connectivity index (χ3n) is 2.56. The van der Waals surface area contributed by atoms with Crippen molar-refractivity contribution in [3.63, 3.8) is 0 Å². The van der Waals surface area contributed by atoms with Gasteiger partial charge in [-0.05, 0) is 13.3 Å². The fraction of sp³-hybridized carbons (Fsp3) is 0.750. The van der Waals surface area contributed by atoms with Crippen molar-refractivity contribution in [1.82, 2.24) is 9.78 Å². The SMILES string of the molecule is CCCCC(C)Nc1cnn(CCOC)c1. The highest BCUT2D eigenvalue weighted by atomic mass is 16.5. The van der Waals surface area contributed by atoms with E-state index < -0.39 is 0 Å². The Morgan fingerprint density at radius 2 is 2.38 bits per heavy atom. The molecule has 0 aliphatic carbocycles. The van der Waals surface area contributed by atoms with Gasteiger partial charge in [0.25, 0.3) is 0 Å². The Balaban J connectivity index is 2.33. The molecule has 0 bridgehead atoms. The Labute approximate surface area is 98.0 Å². The average molecular weight is 225 g/mol. The molecule has 16 heavy (non-hydrogen) atoms. The van der Waals surface area contributed by atoms with Crippen LogP contribution in [-0.4, -0.2) is 29.5 Å². The summed E-state index contributed by atoms with van der Waals surface area (Å²) < 4.78 is 6.91. The lowest BCUT2D eigenvalue weighted by molar-refractivity contribution is 0.183. The van der Waals surface area contributed by atoms with Gasteiger partial charge in [0.15, 0.2) is 0 Å². The molecular weight excluding hydrogens is 202 g/mol. The standard InChI is InChI=1S/C12H23N3O/c1-4-5-6-11(2)14-12-9-13-15(10-12)7-8-16-3/h9-11,14H,4-8H2,1-3H3. The highest BCUT2D eigenvalue weighted by Gasteiger charge is 2.03. The second-order valence-electron chi connectivity index (χ2n) is 4.17. The van der Waals surface area contributed by atoms with Crippen LogP contribution in [0.25, 0.3) is 0 Å². The van der Waals surface area contributed by atoms with E-state index in [2.05, 4.69) is 24.3 Å². The van der Waals surface area contributed by atoms with E-state index in [9.17, 15) is 0 Å². The van der Waals surface area contributed by atoms with E-state index in [-0.39, 0.29) is 0 Å². The summed E-state index contributed by atoms with van der Waals surface area (Å²) in [6.45, 7) is 5.94. The molecule has 1 unspecified atom stereocenters. The predicted octanol–water partition coefficient (Wildman–Crippen LogP) is 2.52. The number of nitrogens with zero attached hydrogens (tertiary/aromatic N) is 2. The fourth-order valence-corrected chi connectivity index (χ4v) is 1.61. The molecule has 1 rings (SSSR count). The van der Waals surface area contributed by atoms with Crippen LogP contribution in [-0.2, 0) is 11.3 Å². The van der Waals surface area contributed by atoms with Crippen LogP contribution in [0.5, 0.6) is 0 Å². The summed E-state index contributed by atoms with van der Waals surface area (Å²) >= 11 is 0. The summed E-state index contributed by atoms with van der Waals surface area (Å²) in [5, 5.41) is 7.71. The minimum atomic E-state index is 0.514. The number of ether oxygens (including phenoxy) is 1. The first-order valence-electron chi connectivity index (χ1n) is 6.04. The van der Waals surface area contributed by atoms with Crippen LogP contribution < -0.4 is 5.32 Å². The predicted molar refractivity (Wildman–Crippen MR) is 66.7 cm³/mol. The second kappa shape index (κ2) is 7.28. The zero-order valence-corrected chi connectivity index (χ0v) is 10.6. The topological polar surface area (TPSA) is 39.1 Å². The average Bonchev–Trinajstić information content (AvgIpc) is 2.71. The van der Waals surface area contributed by atoms with E-state index in [0.717, 1.165) is 12.2 Å². The zero-order valence-electron chi connectivity index (χ0n) is 10.6. The molecule has 92 valence electrons. The summed E-state index contributed by atoms with van der Waals surface area (Å²) in [6.07, 6.45) is 7.63. The van der Waals surface area contributed by atoms with E-state index in [1.54, 1.807) is 7.11 Å². The van der Waals surface area contributed by atoms with Crippen molar-refractivity contribution in [1.29, 1.82) is 0 Å². The van der Waals surface area contributed by atoms with Crippen molar-refractivity contribution < 1.29 is 4.74 Å². The molecule has 0 fully saturated rings. The van der Waals surface area contributed by atoms with Gasteiger partial charge in [-0.2, -0.15) is 5.10 Å². The van der Waals surface area contributed by atoms with Gasteiger partial charge in [0.05, 0.1) is 25.0 Å². The first-order valence-corrected chi connectivity index (χ1v) is 6.04. The maximum Gasteiger partial charge on any atom is 0.0728 e. The van der Waals surface area contributed by atoms with E-state index in [1.807, 2.05) is 17.1 Å². The molecular formula is C12H23N3O. The van der Waals surface area contributed by atoms with Gasteiger partial charge in [-0.15, -0.1) is 0 Å². The molecule has 0 aromatic carbocycles. The van der Waals surface area contributed by atoms with Crippen molar-refractivity contribution in [3.05, 3.63) is 12.4 Å². The number of unbranched alkanes of at least 4 members (excludes halogenated alkanes) is 1. The van der Waals surface area contributed by atoms with Crippen LogP contribution >= 0.6 is 0 Å². The third kappa shape index (κ3) is 4.66. The summed E-state index contributed by atoms with van der Waals surface area (Å²) in [7, 11) is 1.70.